The minimum absolute atomic E-state index is 0.363. The highest BCUT2D eigenvalue weighted by Crippen LogP contribution is 2.24. The number of hydrogen-bond donors (Lipinski definition) is 1. The second kappa shape index (κ2) is 9.25. The van der Waals surface area contributed by atoms with Crippen LogP contribution in [0.15, 0.2) is 24.3 Å². The summed E-state index contributed by atoms with van der Waals surface area (Å²) in [6.45, 7) is 4.36. The summed E-state index contributed by atoms with van der Waals surface area (Å²) in [5.74, 6) is 1.04. The van der Waals surface area contributed by atoms with E-state index in [1.807, 2.05) is 0 Å². The molecule has 0 amide bonds. The molecule has 1 aromatic rings. The fourth-order valence-corrected chi connectivity index (χ4v) is 1.08. The fourth-order valence-electron chi connectivity index (χ4n) is 0.745. The third kappa shape index (κ3) is 7.32. The molecule has 92 valence electrons. The summed E-state index contributed by atoms with van der Waals surface area (Å²) in [4.78, 5) is 8.43. The summed E-state index contributed by atoms with van der Waals surface area (Å²) in [6, 6.07) is 6.44. The standard InChI is InChI=1S/C7H9O4P.C4H10/c1-10-6-2-4-7(5-3-6)11-12(8)9;1-3-4-2/h2-5,12H,1H3,(H,8,9);3-4H2,1-2H3. The fraction of sp³-hybridized carbons (Fsp3) is 0.455. The monoisotopic (exact) mass is 246 g/mol. The Hall–Kier alpha value is -0.990. The first kappa shape index (κ1) is 15.0. The van der Waals surface area contributed by atoms with E-state index in [9.17, 15) is 4.57 Å². The van der Waals surface area contributed by atoms with Gasteiger partial charge in [0.15, 0.2) is 0 Å². The average Bonchev–Trinajstić information content (AvgIpc) is 2.30. The van der Waals surface area contributed by atoms with Crippen molar-refractivity contribution in [3.63, 3.8) is 0 Å². The molecule has 0 saturated carbocycles. The predicted molar refractivity (Wildman–Crippen MR) is 65.4 cm³/mol. The van der Waals surface area contributed by atoms with Crippen LogP contribution in [0.5, 0.6) is 11.5 Å². The van der Waals surface area contributed by atoms with E-state index in [1.54, 1.807) is 31.4 Å². The normalized spacial score (nSPS) is 11.0. The number of ether oxygens (including phenoxy) is 1. The van der Waals surface area contributed by atoms with Gasteiger partial charge in [-0.1, -0.05) is 26.7 Å². The van der Waals surface area contributed by atoms with Crippen LogP contribution in [0.3, 0.4) is 0 Å². The van der Waals surface area contributed by atoms with Crippen molar-refractivity contribution < 1.29 is 18.7 Å². The zero-order chi connectivity index (χ0) is 12.4. The van der Waals surface area contributed by atoms with Crippen molar-refractivity contribution in [2.45, 2.75) is 26.7 Å². The van der Waals surface area contributed by atoms with E-state index < -0.39 is 8.25 Å². The topological polar surface area (TPSA) is 55.8 Å². The molecule has 1 aromatic carbocycles. The lowest BCUT2D eigenvalue weighted by Crippen LogP contribution is -1.83. The smallest absolute Gasteiger partial charge is 0.365 e. The Kier molecular flexibility index (Phi) is 8.68. The molecule has 1 rings (SSSR count). The summed E-state index contributed by atoms with van der Waals surface area (Å²) in [5.41, 5.74) is 0. The number of hydrogen-bond acceptors (Lipinski definition) is 3. The van der Waals surface area contributed by atoms with Crippen LogP contribution in [0.25, 0.3) is 0 Å². The molecule has 0 fully saturated rings. The van der Waals surface area contributed by atoms with Crippen LogP contribution in [0.4, 0.5) is 0 Å². The summed E-state index contributed by atoms with van der Waals surface area (Å²) in [6.07, 6.45) is 2.64. The first-order valence-electron chi connectivity index (χ1n) is 5.18. The average molecular weight is 246 g/mol. The Morgan fingerprint density at radius 1 is 1.12 bits per heavy atom. The number of unbranched alkanes of at least 4 members (excludes halogenated alkanes) is 1. The zero-order valence-electron chi connectivity index (χ0n) is 9.90. The highest BCUT2D eigenvalue weighted by molar-refractivity contribution is 7.32. The molecule has 16 heavy (non-hydrogen) atoms. The molecule has 0 radical (unpaired) electrons. The molecule has 4 nitrogen and oxygen atoms in total. The Balaban J connectivity index is 0.000000487. The summed E-state index contributed by atoms with van der Waals surface area (Å²) < 4.78 is 19.7. The van der Waals surface area contributed by atoms with Gasteiger partial charge in [-0.25, -0.2) is 4.57 Å². The van der Waals surface area contributed by atoms with Crippen LogP contribution >= 0.6 is 8.25 Å². The largest absolute Gasteiger partial charge is 0.497 e. The molecular formula is C11H19O4P. The van der Waals surface area contributed by atoms with Crippen molar-refractivity contribution in [3.05, 3.63) is 24.3 Å². The van der Waals surface area contributed by atoms with E-state index in [4.69, 9.17) is 9.63 Å². The second-order valence-corrected chi connectivity index (χ2v) is 3.78. The van der Waals surface area contributed by atoms with Crippen molar-refractivity contribution in [2.75, 3.05) is 7.11 Å². The van der Waals surface area contributed by atoms with Crippen molar-refractivity contribution in [3.8, 4) is 11.5 Å². The van der Waals surface area contributed by atoms with Gasteiger partial charge < -0.3 is 14.2 Å². The van der Waals surface area contributed by atoms with Crippen LogP contribution in [0, 0.1) is 0 Å². The van der Waals surface area contributed by atoms with Gasteiger partial charge in [0, 0.05) is 0 Å². The van der Waals surface area contributed by atoms with Crippen molar-refractivity contribution >= 4 is 8.25 Å². The molecule has 0 bridgehead atoms. The van der Waals surface area contributed by atoms with Crippen molar-refractivity contribution in [1.82, 2.24) is 0 Å². The van der Waals surface area contributed by atoms with Gasteiger partial charge in [0.25, 0.3) is 0 Å². The van der Waals surface area contributed by atoms with Crippen LogP contribution in [0.1, 0.15) is 26.7 Å². The van der Waals surface area contributed by atoms with E-state index in [2.05, 4.69) is 18.4 Å². The Morgan fingerprint density at radius 3 is 1.88 bits per heavy atom. The van der Waals surface area contributed by atoms with Gasteiger partial charge in [-0.05, 0) is 24.3 Å². The quantitative estimate of drug-likeness (QED) is 0.828. The minimum atomic E-state index is -2.90. The lowest BCUT2D eigenvalue weighted by atomic mass is 10.3. The van der Waals surface area contributed by atoms with E-state index in [0.717, 1.165) is 0 Å². The van der Waals surface area contributed by atoms with Crippen LogP contribution in [-0.2, 0) is 4.57 Å². The SMILES string of the molecule is CCCC.COc1ccc(O[PH](=O)O)cc1. The number of rotatable bonds is 4. The number of methoxy groups -OCH3 is 1. The molecule has 0 aliphatic carbocycles. The maximum absolute atomic E-state index is 10.3. The van der Waals surface area contributed by atoms with Gasteiger partial charge >= 0.3 is 8.25 Å². The van der Waals surface area contributed by atoms with E-state index in [1.165, 1.54) is 12.8 Å². The zero-order valence-corrected chi connectivity index (χ0v) is 10.9. The van der Waals surface area contributed by atoms with Gasteiger partial charge in [0.05, 0.1) is 7.11 Å². The Labute approximate surface area is 97.2 Å². The van der Waals surface area contributed by atoms with Gasteiger partial charge in [-0.3, -0.25) is 0 Å². The van der Waals surface area contributed by atoms with E-state index in [0.29, 0.717) is 11.5 Å². The highest BCUT2D eigenvalue weighted by atomic mass is 31.1. The minimum Gasteiger partial charge on any atom is -0.497 e. The van der Waals surface area contributed by atoms with Crippen LogP contribution in [0.2, 0.25) is 0 Å². The Bertz CT molecular complexity index is 295. The van der Waals surface area contributed by atoms with Crippen LogP contribution in [-0.4, -0.2) is 12.0 Å². The van der Waals surface area contributed by atoms with Gasteiger partial charge in [-0.15, -0.1) is 0 Å². The molecule has 1 N–H and O–H groups in total. The Morgan fingerprint density at radius 2 is 1.56 bits per heavy atom. The lowest BCUT2D eigenvalue weighted by molar-refractivity contribution is 0.405. The van der Waals surface area contributed by atoms with Crippen LogP contribution < -0.4 is 9.26 Å². The maximum atomic E-state index is 10.3. The lowest BCUT2D eigenvalue weighted by Gasteiger charge is -2.02. The third-order valence-corrected chi connectivity index (χ3v) is 2.17. The van der Waals surface area contributed by atoms with E-state index in [-0.39, 0.29) is 0 Å². The predicted octanol–water partition coefficient (Wildman–Crippen LogP) is 3.26. The van der Waals surface area contributed by atoms with E-state index >= 15 is 0 Å². The molecule has 0 aliphatic heterocycles. The molecular weight excluding hydrogens is 227 g/mol. The molecule has 1 atom stereocenters. The summed E-state index contributed by atoms with van der Waals surface area (Å²) in [7, 11) is -1.35. The maximum Gasteiger partial charge on any atom is 0.365 e. The highest BCUT2D eigenvalue weighted by Gasteiger charge is 1.96. The molecule has 1 unspecified atom stereocenters. The molecule has 0 spiro atoms. The van der Waals surface area contributed by atoms with Gasteiger partial charge in [-0.2, -0.15) is 0 Å². The summed E-state index contributed by atoms with van der Waals surface area (Å²) in [5, 5.41) is 0. The number of benzene rings is 1. The first-order chi connectivity index (χ1) is 7.63. The third-order valence-electron chi connectivity index (χ3n) is 1.76. The molecule has 0 heterocycles. The van der Waals surface area contributed by atoms with Crippen molar-refractivity contribution in [1.29, 1.82) is 0 Å². The van der Waals surface area contributed by atoms with Crippen molar-refractivity contribution in [2.24, 2.45) is 0 Å². The second-order valence-electron chi connectivity index (χ2n) is 3.04. The molecule has 0 aromatic heterocycles. The summed E-state index contributed by atoms with van der Waals surface area (Å²) >= 11 is 0. The first-order valence-corrected chi connectivity index (χ1v) is 6.45. The van der Waals surface area contributed by atoms with Gasteiger partial charge in [0.1, 0.15) is 11.5 Å². The molecule has 0 saturated heterocycles. The van der Waals surface area contributed by atoms with Gasteiger partial charge in [0.2, 0.25) is 0 Å². The molecule has 5 heteroatoms. The molecule has 0 aliphatic rings.